The predicted octanol–water partition coefficient (Wildman–Crippen LogP) is -4.24. The number of guanidine groups is 1. The minimum Gasteiger partial charge on any atom is -0.481 e. The van der Waals surface area contributed by atoms with Gasteiger partial charge in [-0.05, 0) is 32.1 Å². The molecule has 0 fully saturated rings. The van der Waals surface area contributed by atoms with Gasteiger partial charge in [-0.2, -0.15) is 0 Å². The molecule has 1 heterocycles. The van der Waals surface area contributed by atoms with Gasteiger partial charge in [0.05, 0.1) is 12.9 Å². The van der Waals surface area contributed by atoms with E-state index in [1.54, 1.807) is 13.8 Å². The fourth-order valence-electron chi connectivity index (χ4n) is 4.38. The lowest BCUT2D eigenvalue weighted by Crippen LogP contribution is -2.60. The average Bonchev–Trinajstić information content (AvgIpc) is 3.58. The second-order valence-corrected chi connectivity index (χ2v) is 11.6. The highest BCUT2D eigenvalue weighted by molar-refractivity contribution is 5.96. The van der Waals surface area contributed by atoms with E-state index in [2.05, 4.69) is 41.5 Å². The predicted molar refractivity (Wildman–Crippen MR) is 177 cm³/mol. The molecule has 0 saturated heterocycles. The number of aliphatic imine (C=N–C) groups is 1. The summed E-state index contributed by atoms with van der Waals surface area (Å²) in [5.74, 6) is -7.52. The first kappa shape index (κ1) is 42.7. The highest BCUT2D eigenvalue weighted by Crippen LogP contribution is 2.11. The van der Waals surface area contributed by atoms with Gasteiger partial charge in [-0.25, -0.2) is 9.78 Å². The molecule has 0 radical (unpaired) electrons. The van der Waals surface area contributed by atoms with Crippen LogP contribution in [0.25, 0.3) is 0 Å². The summed E-state index contributed by atoms with van der Waals surface area (Å²) in [6.07, 6.45) is 2.36. The number of rotatable bonds is 23. The highest BCUT2D eigenvalue weighted by Gasteiger charge is 2.33. The van der Waals surface area contributed by atoms with Crippen molar-refractivity contribution < 1.29 is 48.9 Å². The van der Waals surface area contributed by atoms with Crippen LogP contribution in [0.1, 0.15) is 58.6 Å². The third-order valence-electron chi connectivity index (χ3n) is 7.53. The number of carbonyl (C=O) groups is 7. The zero-order chi connectivity index (χ0) is 38.0. The maximum absolute atomic E-state index is 13.4. The van der Waals surface area contributed by atoms with E-state index in [1.165, 1.54) is 19.4 Å². The number of hydrogen-bond acceptors (Lipinski definition) is 11. The number of aromatic nitrogens is 2. The summed E-state index contributed by atoms with van der Waals surface area (Å²) >= 11 is 0. The number of nitrogens with zero attached hydrogens (tertiary/aromatic N) is 2. The van der Waals surface area contributed by atoms with Crippen molar-refractivity contribution in [3.8, 4) is 0 Å². The monoisotopic (exact) mass is 711 g/mol. The van der Waals surface area contributed by atoms with Gasteiger partial charge in [0.1, 0.15) is 36.3 Å². The number of aliphatic hydroxyl groups excluding tert-OH is 1. The van der Waals surface area contributed by atoms with Crippen LogP contribution in [0.4, 0.5) is 0 Å². The van der Waals surface area contributed by atoms with Crippen LogP contribution in [0, 0.1) is 5.92 Å². The summed E-state index contributed by atoms with van der Waals surface area (Å²) in [7, 11) is 0. The van der Waals surface area contributed by atoms with E-state index < -0.39 is 96.7 Å². The molecule has 0 aliphatic rings. The van der Waals surface area contributed by atoms with Crippen molar-refractivity contribution in [2.45, 2.75) is 95.5 Å². The number of aliphatic carboxylic acids is 2. The fourth-order valence-corrected chi connectivity index (χ4v) is 4.38. The Kier molecular flexibility index (Phi) is 18.5. The molecule has 21 nitrogen and oxygen atoms in total. The summed E-state index contributed by atoms with van der Waals surface area (Å²) in [5.41, 5.74) is 16.5. The molecule has 1 aromatic rings. The Morgan fingerprint density at radius 1 is 0.860 bits per heavy atom. The molecule has 1 rings (SSSR count). The summed E-state index contributed by atoms with van der Waals surface area (Å²) < 4.78 is 0. The zero-order valence-corrected chi connectivity index (χ0v) is 28.2. The van der Waals surface area contributed by atoms with Crippen molar-refractivity contribution in [3.63, 3.8) is 0 Å². The number of nitrogens with one attached hydrogen (secondary N) is 6. The van der Waals surface area contributed by atoms with Crippen molar-refractivity contribution in [2.24, 2.45) is 28.1 Å². The fraction of sp³-hybridized carbons (Fsp3) is 0.621. The van der Waals surface area contributed by atoms with Gasteiger partial charge in [0, 0.05) is 31.3 Å². The maximum Gasteiger partial charge on any atom is 0.326 e. The first-order valence-electron chi connectivity index (χ1n) is 15.9. The smallest absolute Gasteiger partial charge is 0.326 e. The molecule has 1 aromatic heterocycles. The van der Waals surface area contributed by atoms with Crippen LogP contribution in [-0.2, 0) is 40.0 Å². The number of amides is 5. The Morgan fingerprint density at radius 3 is 2.02 bits per heavy atom. The van der Waals surface area contributed by atoms with Gasteiger partial charge in [0.25, 0.3) is 0 Å². The number of hydrogen-bond donors (Lipinski definition) is 12. The van der Waals surface area contributed by atoms with Gasteiger partial charge in [0.2, 0.25) is 29.5 Å². The first-order chi connectivity index (χ1) is 23.5. The summed E-state index contributed by atoms with van der Waals surface area (Å²) in [6.45, 7) is 4.09. The van der Waals surface area contributed by atoms with Crippen LogP contribution in [0.5, 0.6) is 0 Å². The van der Waals surface area contributed by atoms with Crippen LogP contribution in [0.15, 0.2) is 17.5 Å². The Bertz CT molecular complexity index is 1340. The molecule has 15 N–H and O–H groups in total. The number of aliphatic hydroxyl groups is 1. The largest absolute Gasteiger partial charge is 0.481 e. The minimum atomic E-state index is -1.42. The third kappa shape index (κ3) is 15.3. The molecule has 0 aliphatic carbocycles. The molecule has 50 heavy (non-hydrogen) atoms. The molecular weight excluding hydrogens is 662 g/mol. The maximum atomic E-state index is 13.4. The minimum absolute atomic E-state index is 0.0210. The van der Waals surface area contributed by atoms with Gasteiger partial charge >= 0.3 is 11.9 Å². The summed E-state index contributed by atoms with van der Waals surface area (Å²) in [4.78, 5) is 98.8. The molecule has 280 valence electrons. The van der Waals surface area contributed by atoms with E-state index in [0.29, 0.717) is 12.1 Å². The van der Waals surface area contributed by atoms with Crippen molar-refractivity contribution in [1.82, 2.24) is 36.6 Å². The van der Waals surface area contributed by atoms with Gasteiger partial charge < -0.3 is 64.1 Å². The Morgan fingerprint density at radius 2 is 1.48 bits per heavy atom. The molecule has 0 aliphatic heterocycles. The molecule has 0 spiro atoms. The van der Waals surface area contributed by atoms with Crippen LogP contribution in [0.3, 0.4) is 0 Å². The van der Waals surface area contributed by atoms with E-state index in [-0.39, 0.29) is 38.2 Å². The summed E-state index contributed by atoms with van der Waals surface area (Å²) in [6, 6.07) is -7.97. The van der Waals surface area contributed by atoms with Crippen molar-refractivity contribution in [3.05, 3.63) is 18.2 Å². The van der Waals surface area contributed by atoms with Crippen LogP contribution in [0.2, 0.25) is 0 Å². The molecule has 7 atom stereocenters. The summed E-state index contributed by atoms with van der Waals surface area (Å²) in [5, 5.41) is 40.1. The van der Waals surface area contributed by atoms with Gasteiger partial charge in [-0.1, -0.05) is 20.3 Å². The van der Waals surface area contributed by atoms with Crippen LogP contribution in [-0.4, -0.2) is 122 Å². The van der Waals surface area contributed by atoms with Crippen molar-refractivity contribution >= 4 is 47.4 Å². The zero-order valence-electron chi connectivity index (χ0n) is 28.2. The van der Waals surface area contributed by atoms with Crippen LogP contribution < -0.4 is 43.8 Å². The average molecular weight is 712 g/mol. The first-order valence-corrected chi connectivity index (χ1v) is 15.9. The number of imidazole rings is 1. The molecule has 0 saturated carbocycles. The number of carboxylic acids is 2. The Labute approximate surface area is 288 Å². The van der Waals surface area contributed by atoms with Gasteiger partial charge in [-0.3, -0.25) is 33.8 Å². The molecule has 5 amide bonds. The lowest BCUT2D eigenvalue weighted by Gasteiger charge is -2.28. The molecule has 0 bridgehead atoms. The second-order valence-electron chi connectivity index (χ2n) is 11.6. The second kappa shape index (κ2) is 21.6. The van der Waals surface area contributed by atoms with E-state index in [1.807, 2.05) is 0 Å². The SMILES string of the molecule is CC[C@H](C)[C@H](NC(=O)[C@H](CCC(=O)O)NC(=O)[C@@H](N)CO)C(=O)N[C@@H](C)C(=O)N[C@@H](Cc1cnc[nH]1)C(=O)N[C@@H](CCCN=C(N)N)C(=O)O. The van der Waals surface area contributed by atoms with Crippen LogP contribution >= 0.6 is 0 Å². The number of carbonyl (C=O) groups excluding carboxylic acids is 5. The normalized spacial score (nSPS) is 15.1. The number of H-pyrrole nitrogens is 1. The topological polar surface area (TPSA) is 359 Å². The van der Waals surface area contributed by atoms with E-state index in [9.17, 15) is 38.7 Å². The van der Waals surface area contributed by atoms with E-state index in [4.69, 9.17) is 27.4 Å². The molecular formula is C29H49N11O10. The van der Waals surface area contributed by atoms with Gasteiger partial charge in [-0.15, -0.1) is 0 Å². The number of carboxylic acid groups (broad SMARTS) is 2. The third-order valence-corrected chi connectivity index (χ3v) is 7.53. The molecule has 21 heteroatoms. The van der Waals surface area contributed by atoms with E-state index in [0.717, 1.165) is 0 Å². The highest BCUT2D eigenvalue weighted by atomic mass is 16.4. The molecule has 0 aromatic carbocycles. The molecule has 0 unspecified atom stereocenters. The quantitative estimate of drug-likeness (QED) is 0.0291. The number of aromatic amines is 1. The lowest BCUT2D eigenvalue weighted by molar-refractivity contribution is -0.142. The van der Waals surface area contributed by atoms with Crippen molar-refractivity contribution in [2.75, 3.05) is 13.2 Å². The number of nitrogens with two attached hydrogens (primary N) is 3. The standard InChI is InChI=1S/C29H49N11O10/c1-4-14(2)22(40-25(46)18(7-8-21(42)43)37-24(45)17(30)12-41)27(48)36-15(3)23(44)39-20(10-16-11-33-13-35-16)26(47)38-19(28(49)50)6-5-9-34-29(31)32/h11,13-15,17-20,22,41H,4-10,12,30H2,1-3H3,(H,33,35)(H,36,48)(H,37,45)(H,38,47)(H,39,44)(H,40,46)(H,42,43)(H,49,50)(H4,31,32,34)/t14-,15-,17-,18-,19-,20-,22-/m0/s1. The van der Waals surface area contributed by atoms with Crippen molar-refractivity contribution in [1.29, 1.82) is 0 Å². The lowest BCUT2D eigenvalue weighted by atomic mass is 9.97. The Balaban J connectivity index is 3.10. The van der Waals surface area contributed by atoms with E-state index >= 15 is 0 Å². The Hall–Kier alpha value is -5.31. The van der Waals surface area contributed by atoms with Gasteiger partial charge in [0.15, 0.2) is 5.96 Å².